The summed E-state index contributed by atoms with van der Waals surface area (Å²) in [5.41, 5.74) is 1.40. The number of nitrogens with one attached hydrogen (secondary N) is 1. The number of barbiturate groups is 1. The Labute approximate surface area is 180 Å². The van der Waals surface area contributed by atoms with Gasteiger partial charge in [0, 0.05) is 41.8 Å². The number of urea groups is 1. The first-order valence-corrected chi connectivity index (χ1v) is 10.7. The van der Waals surface area contributed by atoms with Crippen molar-refractivity contribution < 1.29 is 19.2 Å². The Morgan fingerprint density at radius 1 is 1.19 bits per heavy atom. The van der Waals surface area contributed by atoms with Crippen LogP contribution in [0.5, 0.6) is 0 Å². The second-order valence-corrected chi connectivity index (χ2v) is 8.03. The minimum atomic E-state index is -0.713. The molecule has 0 aliphatic carbocycles. The Morgan fingerprint density at radius 2 is 1.97 bits per heavy atom. The molecule has 5 amide bonds. The first-order valence-electron chi connectivity index (χ1n) is 10.7. The van der Waals surface area contributed by atoms with Crippen LogP contribution in [0.1, 0.15) is 38.7 Å². The van der Waals surface area contributed by atoms with E-state index in [9.17, 15) is 19.2 Å². The third-order valence-corrected chi connectivity index (χ3v) is 6.05. The molecule has 0 radical (unpaired) electrons. The van der Waals surface area contributed by atoms with E-state index in [0.29, 0.717) is 5.56 Å². The maximum Gasteiger partial charge on any atom is 0.331 e. The minimum absolute atomic E-state index is 0.0568. The van der Waals surface area contributed by atoms with Gasteiger partial charge >= 0.3 is 6.03 Å². The van der Waals surface area contributed by atoms with Gasteiger partial charge in [0.2, 0.25) is 5.91 Å². The number of carbonyl (C=O) groups is 4. The summed E-state index contributed by atoms with van der Waals surface area (Å²) in [4.78, 5) is 52.7. The summed E-state index contributed by atoms with van der Waals surface area (Å²) < 4.78 is 1.86. The average molecular weight is 422 g/mol. The highest BCUT2D eigenvalue weighted by molar-refractivity contribution is 6.31. The topological polar surface area (TPSA) is 91.7 Å². The molecule has 3 heterocycles. The van der Waals surface area contributed by atoms with Crippen molar-refractivity contribution in [2.45, 2.75) is 45.7 Å². The van der Waals surface area contributed by atoms with Crippen molar-refractivity contribution in [1.82, 2.24) is 19.7 Å². The summed E-state index contributed by atoms with van der Waals surface area (Å²) in [6, 6.07) is 7.08. The number of hydrogen-bond donors (Lipinski definition) is 1. The third-order valence-electron chi connectivity index (χ3n) is 6.05. The fraction of sp³-hybridized carbons (Fsp3) is 0.391. The van der Waals surface area contributed by atoms with Gasteiger partial charge in [-0.05, 0) is 45.3 Å². The maximum absolute atomic E-state index is 13.0. The maximum atomic E-state index is 13.0. The zero-order valence-electron chi connectivity index (χ0n) is 17.8. The van der Waals surface area contributed by atoms with E-state index in [1.165, 1.54) is 6.08 Å². The van der Waals surface area contributed by atoms with E-state index in [2.05, 4.69) is 12.2 Å². The van der Waals surface area contributed by atoms with Gasteiger partial charge in [-0.25, -0.2) is 4.79 Å². The smallest absolute Gasteiger partial charge is 0.331 e. The van der Waals surface area contributed by atoms with Crippen LogP contribution in [0.25, 0.3) is 17.0 Å². The first kappa shape index (κ1) is 20.8. The van der Waals surface area contributed by atoms with Crippen molar-refractivity contribution in [3.05, 3.63) is 41.6 Å². The second kappa shape index (κ2) is 8.37. The number of piperidine rings is 1. The van der Waals surface area contributed by atoms with Crippen LogP contribution in [-0.2, 0) is 20.9 Å². The number of nitrogens with zero attached hydrogens (tertiary/aromatic N) is 3. The lowest BCUT2D eigenvalue weighted by atomic mass is 10.0. The van der Waals surface area contributed by atoms with Crippen LogP contribution < -0.4 is 5.32 Å². The van der Waals surface area contributed by atoms with E-state index in [-0.39, 0.29) is 30.6 Å². The van der Waals surface area contributed by atoms with E-state index in [1.54, 1.807) is 13.1 Å². The van der Waals surface area contributed by atoms with Crippen molar-refractivity contribution in [3.8, 4) is 0 Å². The highest BCUT2D eigenvalue weighted by Crippen LogP contribution is 2.26. The fourth-order valence-corrected chi connectivity index (χ4v) is 4.36. The molecular formula is C23H26N4O4. The molecule has 0 unspecified atom stereocenters. The molecule has 0 spiro atoms. The molecule has 0 bridgehead atoms. The van der Waals surface area contributed by atoms with Gasteiger partial charge in [-0.2, -0.15) is 0 Å². The normalized spacial score (nSPS) is 21.2. The molecule has 31 heavy (non-hydrogen) atoms. The number of hydrogen-bond acceptors (Lipinski definition) is 4. The van der Waals surface area contributed by atoms with E-state index < -0.39 is 17.8 Å². The number of amides is 5. The van der Waals surface area contributed by atoms with Crippen LogP contribution >= 0.6 is 0 Å². The zero-order valence-corrected chi connectivity index (χ0v) is 17.8. The molecule has 1 N–H and O–H groups in total. The Morgan fingerprint density at radius 3 is 2.71 bits per heavy atom. The highest BCUT2D eigenvalue weighted by atomic mass is 16.2. The van der Waals surface area contributed by atoms with Crippen LogP contribution in [0.15, 0.2) is 36.0 Å². The van der Waals surface area contributed by atoms with Crippen LogP contribution in [0.4, 0.5) is 4.79 Å². The third kappa shape index (κ3) is 3.85. The molecule has 2 saturated heterocycles. The van der Waals surface area contributed by atoms with Gasteiger partial charge in [-0.15, -0.1) is 0 Å². The Hall–Kier alpha value is -3.42. The molecule has 1 aromatic heterocycles. The predicted molar refractivity (Wildman–Crippen MR) is 116 cm³/mol. The molecule has 1 aromatic carbocycles. The average Bonchev–Trinajstić information content (AvgIpc) is 3.09. The number of rotatable bonds is 4. The van der Waals surface area contributed by atoms with E-state index in [1.807, 2.05) is 33.7 Å². The van der Waals surface area contributed by atoms with E-state index in [4.69, 9.17) is 0 Å². The van der Waals surface area contributed by atoms with Crippen molar-refractivity contribution >= 4 is 40.7 Å². The SMILES string of the molecule is CCN1C(=O)NC(=O)/C(=C\c2cn(CC(=O)N3CCCC[C@@H]3C)c3ccccc23)C1=O. The summed E-state index contributed by atoms with van der Waals surface area (Å²) >= 11 is 0. The summed E-state index contributed by atoms with van der Waals surface area (Å²) in [7, 11) is 0. The number of fused-ring (bicyclic) bond motifs is 1. The molecule has 2 aromatic rings. The summed E-state index contributed by atoms with van der Waals surface area (Å²) in [5, 5.41) is 3.04. The first-order chi connectivity index (χ1) is 14.9. The number of benzene rings is 1. The van der Waals surface area contributed by atoms with Gasteiger partial charge < -0.3 is 9.47 Å². The number of likely N-dealkylation sites (N-methyl/N-ethyl adjacent to an activating group) is 1. The van der Waals surface area contributed by atoms with Gasteiger partial charge in [0.25, 0.3) is 11.8 Å². The van der Waals surface area contributed by atoms with Crippen molar-refractivity contribution in [1.29, 1.82) is 0 Å². The number of likely N-dealkylation sites (tertiary alicyclic amines) is 1. The largest absolute Gasteiger partial charge is 0.338 e. The lowest BCUT2D eigenvalue weighted by Gasteiger charge is -2.33. The molecular weight excluding hydrogens is 396 g/mol. The quantitative estimate of drug-likeness (QED) is 0.605. The summed E-state index contributed by atoms with van der Waals surface area (Å²) in [6.45, 7) is 4.87. The van der Waals surface area contributed by atoms with Crippen LogP contribution in [-0.4, -0.2) is 57.3 Å². The molecule has 2 aliphatic rings. The Balaban J connectivity index is 1.69. The Bertz CT molecular complexity index is 1100. The van der Waals surface area contributed by atoms with Gasteiger partial charge in [0.05, 0.1) is 0 Å². The van der Waals surface area contributed by atoms with Gasteiger partial charge in [-0.1, -0.05) is 18.2 Å². The number of imide groups is 2. The Kier molecular flexibility index (Phi) is 5.63. The zero-order chi connectivity index (χ0) is 22.1. The van der Waals surface area contributed by atoms with Crippen LogP contribution in [0.3, 0.4) is 0 Å². The number of carbonyl (C=O) groups excluding carboxylic acids is 4. The molecule has 162 valence electrons. The molecule has 8 heteroatoms. The molecule has 1 atom stereocenters. The molecule has 2 fully saturated rings. The summed E-state index contributed by atoms with van der Waals surface area (Å²) in [6.07, 6.45) is 6.46. The lowest BCUT2D eigenvalue weighted by Crippen LogP contribution is -2.53. The van der Waals surface area contributed by atoms with Gasteiger partial charge in [0.1, 0.15) is 12.1 Å². The number of para-hydroxylation sites is 1. The van der Waals surface area contributed by atoms with Crippen LogP contribution in [0, 0.1) is 0 Å². The van der Waals surface area contributed by atoms with Gasteiger partial charge in [0.15, 0.2) is 0 Å². The monoisotopic (exact) mass is 422 g/mol. The summed E-state index contributed by atoms with van der Waals surface area (Å²) in [5.74, 6) is -1.28. The van der Waals surface area contributed by atoms with Crippen molar-refractivity contribution in [3.63, 3.8) is 0 Å². The second-order valence-electron chi connectivity index (χ2n) is 8.03. The number of aromatic nitrogens is 1. The van der Waals surface area contributed by atoms with Gasteiger partial charge in [-0.3, -0.25) is 24.6 Å². The molecule has 4 rings (SSSR count). The van der Waals surface area contributed by atoms with E-state index >= 15 is 0 Å². The van der Waals surface area contributed by atoms with Crippen molar-refractivity contribution in [2.75, 3.05) is 13.1 Å². The standard InChI is InChI=1S/C23H26N4O4/c1-3-26-22(30)18(21(29)24-23(26)31)12-16-13-25(19-10-5-4-9-17(16)19)14-20(28)27-11-7-6-8-15(27)2/h4-5,9-10,12-13,15H,3,6-8,11,14H2,1-2H3,(H,24,29,31)/b18-12+/t15-/m0/s1. The molecule has 8 nitrogen and oxygen atoms in total. The molecule has 0 saturated carbocycles. The van der Waals surface area contributed by atoms with Crippen molar-refractivity contribution in [2.24, 2.45) is 0 Å². The lowest BCUT2D eigenvalue weighted by molar-refractivity contribution is -0.135. The predicted octanol–water partition coefficient (Wildman–Crippen LogP) is 2.52. The minimum Gasteiger partial charge on any atom is -0.338 e. The highest BCUT2D eigenvalue weighted by Gasteiger charge is 2.34. The van der Waals surface area contributed by atoms with E-state index in [0.717, 1.165) is 41.6 Å². The fourth-order valence-electron chi connectivity index (χ4n) is 4.36. The van der Waals surface area contributed by atoms with Crippen LogP contribution in [0.2, 0.25) is 0 Å². The molecule has 2 aliphatic heterocycles.